The molecule has 0 saturated carbocycles. The van der Waals surface area contributed by atoms with E-state index in [1.165, 1.54) is 0 Å². The van der Waals surface area contributed by atoms with Gasteiger partial charge in [0.2, 0.25) is 5.91 Å². The van der Waals surface area contributed by atoms with Gasteiger partial charge in [-0.2, -0.15) is 0 Å². The second-order valence-corrected chi connectivity index (χ2v) is 6.22. The van der Waals surface area contributed by atoms with Gasteiger partial charge in [0.1, 0.15) is 0 Å². The molecule has 2 rings (SSSR count). The van der Waals surface area contributed by atoms with Crippen LogP contribution in [0.3, 0.4) is 0 Å². The minimum atomic E-state index is -0.0296. The average molecular weight is 283 g/mol. The van der Waals surface area contributed by atoms with Crippen LogP contribution in [0.25, 0.3) is 0 Å². The summed E-state index contributed by atoms with van der Waals surface area (Å²) in [4.78, 5) is 14.8. The molecule has 0 radical (unpaired) electrons. The molecule has 0 aliphatic carbocycles. The Labute approximate surface area is 122 Å². The van der Waals surface area contributed by atoms with E-state index in [-0.39, 0.29) is 17.9 Å². The Kier molecular flexibility index (Phi) is 5.81. The Morgan fingerprint density at radius 2 is 2.00 bits per heavy atom. The molecule has 2 unspecified atom stereocenters. The third kappa shape index (κ3) is 3.93. The smallest absolute Gasteiger partial charge is 0.227 e. The minimum absolute atomic E-state index is 0.0296. The van der Waals surface area contributed by atoms with Crippen molar-refractivity contribution in [2.24, 2.45) is 5.92 Å². The maximum Gasteiger partial charge on any atom is 0.227 e. The van der Waals surface area contributed by atoms with Crippen molar-refractivity contribution in [3.63, 3.8) is 0 Å². The number of hydrogen-bond acceptors (Lipinski definition) is 4. The van der Waals surface area contributed by atoms with Crippen LogP contribution in [0.4, 0.5) is 0 Å². The molecule has 2 N–H and O–H groups in total. The summed E-state index contributed by atoms with van der Waals surface area (Å²) in [5.74, 6) is 0.134. The van der Waals surface area contributed by atoms with E-state index in [1.54, 1.807) is 0 Å². The summed E-state index contributed by atoms with van der Waals surface area (Å²) in [6.45, 7) is 10.8. The van der Waals surface area contributed by atoms with E-state index >= 15 is 0 Å². The topological polar surface area (TPSA) is 53.6 Å². The molecule has 1 amide bonds. The minimum Gasteiger partial charge on any atom is -0.379 e. The monoisotopic (exact) mass is 283 g/mol. The van der Waals surface area contributed by atoms with Gasteiger partial charge in [0.15, 0.2) is 0 Å². The van der Waals surface area contributed by atoms with Gasteiger partial charge in [-0.3, -0.25) is 4.79 Å². The van der Waals surface area contributed by atoms with Crippen molar-refractivity contribution in [2.45, 2.75) is 51.7 Å². The molecule has 2 atom stereocenters. The van der Waals surface area contributed by atoms with E-state index in [4.69, 9.17) is 4.74 Å². The van der Waals surface area contributed by atoms with Crippen molar-refractivity contribution in [3.05, 3.63) is 0 Å². The third-order valence-electron chi connectivity index (χ3n) is 4.49. The first kappa shape index (κ1) is 15.7. The zero-order valence-corrected chi connectivity index (χ0v) is 13.0. The Bertz CT molecular complexity index is 314. The van der Waals surface area contributed by atoms with Crippen molar-refractivity contribution in [1.29, 1.82) is 0 Å². The molecule has 5 nitrogen and oxygen atoms in total. The fourth-order valence-electron chi connectivity index (χ4n) is 3.14. The number of likely N-dealkylation sites (N-methyl/N-ethyl adjacent to an activating group) is 1. The van der Waals surface area contributed by atoms with Crippen LogP contribution in [0.15, 0.2) is 0 Å². The van der Waals surface area contributed by atoms with Gasteiger partial charge in [-0.25, -0.2) is 0 Å². The molecular formula is C15H29N3O2. The van der Waals surface area contributed by atoms with Crippen molar-refractivity contribution in [1.82, 2.24) is 15.5 Å². The van der Waals surface area contributed by atoms with Gasteiger partial charge in [0.25, 0.3) is 0 Å². The van der Waals surface area contributed by atoms with E-state index in [0.29, 0.717) is 25.3 Å². The maximum atomic E-state index is 12.4. The molecule has 2 aliphatic heterocycles. The highest BCUT2D eigenvalue weighted by atomic mass is 16.5. The standard InChI is InChI=1S/C15H29N3O2/c1-4-16-14-10-20-9-13(14)15(19)17-12-5-7-18(8-6-12)11(2)3/h11-14,16H,4-10H2,1-3H3,(H,17,19). The Morgan fingerprint density at radius 1 is 1.30 bits per heavy atom. The quantitative estimate of drug-likeness (QED) is 0.776. The average Bonchev–Trinajstić information content (AvgIpc) is 2.88. The van der Waals surface area contributed by atoms with Crippen LogP contribution < -0.4 is 10.6 Å². The van der Waals surface area contributed by atoms with Gasteiger partial charge >= 0.3 is 0 Å². The first-order valence-electron chi connectivity index (χ1n) is 7.97. The second-order valence-electron chi connectivity index (χ2n) is 6.22. The lowest BCUT2D eigenvalue weighted by Crippen LogP contribution is -2.50. The van der Waals surface area contributed by atoms with Crippen LogP contribution in [0.5, 0.6) is 0 Å². The molecule has 0 aromatic rings. The zero-order valence-electron chi connectivity index (χ0n) is 13.0. The van der Waals surface area contributed by atoms with E-state index in [0.717, 1.165) is 32.5 Å². The van der Waals surface area contributed by atoms with Gasteiger partial charge in [-0.15, -0.1) is 0 Å². The first-order valence-corrected chi connectivity index (χ1v) is 7.97. The van der Waals surface area contributed by atoms with Gasteiger partial charge in [0.05, 0.1) is 19.1 Å². The Morgan fingerprint density at radius 3 is 2.60 bits per heavy atom. The van der Waals surface area contributed by atoms with Gasteiger partial charge < -0.3 is 20.3 Å². The zero-order chi connectivity index (χ0) is 14.5. The Hall–Kier alpha value is -0.650. The summed E-state index contributed by atoms with van der Waals surface area (Å²) in [6.07, 6.45) is 2.12. The number of nitrogens with zero attached hydrogens (tertiary/aromatic N) is 1. The van der Waals surface area contributed by atoms with Crippen molar-refractivity contribution < 1.29 is 9.53 Å². The molecule has 0 bridgehead atoms. The Balaban J connectivity index is 1.77. The molecule has 2 fully saturated rings. The van der Waals surface area contributed by atoms with E-state index in [2.05, 4.69) is 36.3 Å². The number of amides is 1. The molecule has 0 aromatic carbocycles. The molecule has 2 heterocycles. The van der Waals surface area contributed by atoms with Gasteiger partial charge in [-0.1, -0.05) is 6.92 Å². The number of carbonyl (C=O) groups excluding carboxylic acids is 1. The lowest BCUT2D eigenvalue weighted by atomic mass is 9.99. The summed E-state index contributed by atoms with van der Waals surface area (Å²) in [6, 6.07) is 1.11. The fraction of sp³-hybridized carbons (Fsp3) is 0.933. The molecule has 0 aromatic heterocycles. The van der Waals surface area contributed by atoms with Gasteiger partial charge in [-0.05, 0) is 33.2 Å². The maximum absolute atomic E-state index is 12.4. The largest absolute Gasteiger partial charge is 0.379 e. The lowest BCUT2D eigenvalue weighted by Gasteiger charge is -2.35. The normalized spacial score (nSPS) is 29.0. The van der Waals surface area contributed by atoms with Crippen LogP contribution in [0.2, 0.25) is 0 Å². The highest BCUT2D eigenvalue weighted by molar-refractivity contribution is 5.80. The molecule has 5 heteroatoms. The molecular weight excluding hydrogens is 254 g/mol. The van der Waals surface area contributed by atoms with Crippen molar-refractivity contribution in [2.75, 3.05) is 32.8 Å². The molecule has 2 saturated heterocycles. The highest BCUT2D eigenvalue weighted by Crippen LogP contribution is 2.17. The van der Waals surface area contributed by atoms with Crippen LogP contribution in [0.1, 0.15) is 33.6 Å². The van der Waals surface area contributed by atoms with E-state index in [9.17, 15) is 4.79 Å². The SMILES string of the molecule is CCNC1COCC1C(=O)NC1CCN(C(C)C)CC1. The third-order valence-corrected chi connectivity index (χ3v) is 4.49. The highest BCUT2D eigenvalue weighted by Gasteiger charge is 2.34. The molecule has 116 valence electrons. The summed E-state index contributed by atoms with van der Waals surface area (Å²) in [7, 11) is 0. The molecule has 2 aliphatic rings. The first-order chi connectivity index (χ1) is 9.61. The van der Waals surface area contributed by atoms with Crippen LogP contribution in [0, 0.1) is 5.92 Å². The number of piperidine rings is 1. The lowest BCUT2D eigenvalue weighted by molar-refractivity contribution is -0.126. The number of nitrogens with one attached hydrogen (secondary N) is 2. The van der Waals surface area contributed by atoms with Gasteiger partial charge in [0, 0.05) is 31.2 Å². The molecule has 20 heavy (non-hydrogen) atoms. The summed E-state index contributed by atoms with van der Waals surface area (Å²) < 4.78 is 5.45. The fourth-order valence-corrected chi connectivity index (χ4v) is 3.14. The van der Waals surface area contributed by atoms with Crippen LogP contribution in [-0.4, -0.2) is 61.8 Å². The van der Waals surface area contributed by atoms with Crippen LogP contribution in [-0.2, 0) is 9.53 Å². The number of likely N-dealkylation sites (tertiary alicyclic amines) is 1. The predicted molar refractivity (Wildman–Crippen MR) is 79.6 cm³/mol. The number of carbonyl (C=O) groups is 1. The summed E-state index contributed by atoms with van der Waals surface area (Å²) in [5, 5.41) is 6.56. The number of ether oxygens (including phenoxy) is 1. The second kappa shape index (κ2) is 7.38. The van der Waals surface area contributed by atoms with Crippen LogP contribution >= 0.6 is 0 Å². The molecule has 0 spiro atoms. The summed E-state index contributed by atoms with van der Waals surface area (Å²) >= 11 is 0. The van der Waals surface area contributed by atoms with E-state index in [1.807, 2.05) is 0 Å². The number of hydrogen-bond donors (Lipinski definition) is 2. The van der Waals surface area contributed by atoms with E-state index < -0.39 is 0 Å². The van der Waals surface area contributed by atoms with Crippen molar-refractivity contribution >= 4 is 5.91 Å². The predicted octanol–water partition coefficient (Wildman–Crippen LogP) is 0.600. The summed E-state index contributed by atoms with van der Waals surface area (Å²) in [5.41, 5.74) is 0. The number of rotatable bonds is 5. The van der Waals surface area contributed by atoms with Crippen molar-refractivity contribution in [3.8, 4) is 0 Å².